The summed E-state index contributed by atoms with van der Waals surface area (Å²) in [7, 11) is 0. The Morgan fingerprint density at radius 2 is 2.32 bits per heavy atom. The van der Waals surface area contributed by atoms with Gasteiger partial charge in [-0.15, -0.1) is 0 Å². The van der Waals surface area contributed by atoms with Crippen LogP contribution in [0.5, 0.6) is 0 Å². The number of carbonyl (C=O) groups excluding carboxylic acids is 1. The molecule has 0 aliphatic carbocycles. The first-order chi connectivity index (χ1) is 9.08. The lowest BCUT2D eigenvalue weighted by Crippen LogP contribution is -2.37. The molecule has 7 heteroatoms. The Bertz CT molecular complexity index is 501. The maximum Gasteiger partial charge on any atom is 0.271 e. The smallest absolute Gasteiger partial charge is 0.271 e. The molecule has 19 heavy (non-hydrogen) atoms. The zero-order valence-electron chi connectivity index (χ0n) is 10.2. The highest BCUT2D eigenvalue weighted by Crippen LogP contribution is 2.27. The second-order valence-electron chi connectivity index (χ2n) is 4.45. The molecule has 1 heterocycles. The van der Waals surface area contributed by atoms with Crippen LogP contribution in [0, 0.1) is 16.0 Å². The third-order valence-electron chi connectivity index (χ3n) is 3.09. The predicted molar refractivity (Wildman–Crippen MR) is 72.3 cm³/mol. The molecule has 1 aromatic rings. The second-order valence-corrected chi connectivity index (χ2v) is 4.86. The molecule has 1 fully saturated rings. The van der Waals surface area contributed by atoms with Gasteiger partial charge in [0, 0.05) is 18.7 Å². The maximum absolute atomic E-state index is 12.0. The van der Waals surface area contributed by atoms with Gasteiger partial charge in [-0.3, -0.25) is 14.9 Å². The summed E-state index contributed by atoms with van der Waals surface area (Å²) in [5.41, 5.74) is 0.310. The average molecular weight is 284 g/mol. The lowest BCUT2D eigenvalue weighted by atomic mass is 9.99. The predicted octanol–water partition coefficient (Wildman–Crippen LogP) is 2.19. The van der Waals surface area contributed by atoms with Gasteiger partial charge in [-0.05, 0) is 25.5 Å². The van der Waals surface area contributed by atoms with Crippen LogP contribution in [0.25, 0.3) is 0 Å². The monoisotopic (exact) mass is 283 g/mol. The van der Waals surface area contributed by atoms with Crippen LogP contribution in [0.15, 0.2) is 18.2 Å². The van der Waals surface area contributed by atoms with Gasteiger partial charge < -0.3 is 10.6 Å². The molecule has 1 atom stereocenters. The fourth-order valence-electron chi connectivity index (χ4n) is 2.03. The Morgan fingerprint density at radius 3 is 2.89 bits per heavy atom. The molecule has 1 aliphatic heterocycles. The van der Waals surface area contributed by atoms with E-state index in [1.165, 1.54) is 18.2 Å². The Labute approximate surface area is 115 Å². The number of nitrogens with one attached hydrogen (secondary N) is 2. The number of hydrogen-bond donors (Lipinski definition) is 2. The number of hydrogen-bond acceptors (Lipinski definition) is 4. The summed E-state index contributed by atoms with van der Waals surface area (Å²) in [6.07, 6.45) is 1.80. The summed E-state index contributed by atoms with van der Waals surface area (Å²) in [6, 6.07) is 4.01. The molecule has 0 unspecified atom stereocenters. The molecule has 0 radical (unpaired) electrons. The van der Waals surface area contributed by atoms with Crippen molar-refractivity contribution in [1.29, 1.82) is 0 Å². The number of nitro benzene ring substituents is 1. The lowest BCUT2D eigenvalue weighted by molar-refractivity contribution is -0.384. The highest BCUT2D eigenvalue weighted by molar-refractivity contribution is 6.34. The SMILES string of the molecule is O=C(Nc1ccc([N+](=O)[O-])cc1Cl)[C@H]1CCCNC1. The minimum atomic E-state index is -0.525. The number of piperidine rings is 1. The van der Waals surface area contributed by atoms with Crippen molar-refractivity contribution in [3.8, 4) is 0 Å². The number of carbonyl (C=O) groups is 1. The Morgan fingerprint density at radius 1 is 1.53 bits per heavy atom. The number of nitrogens with zero attached hydrogens (tertiary/aromatic N) is 1. The molecule has 1 saturated heterocycles. The van der Waals surface area contributed by atoms with Crippen molar-refractivity contribution in [3.63, 3.8) is 0 Å². The average Bonchev–Trinajstić information content (AvgIpc) is 2.41. The van der Waals surface area contributed by atoms with Gasteiger partial charge in [0.05, 0.1) is 21.6 Å². The van der Waals surface area contributed by atoms with Gasteiger partial charge in [-0.25, -0.2) is 0 Å². The summed E-state index contributed by atoms with van der Waals surface area (Å²) >= 11 is 5.92. The molecule has 0 bridgehead atoms. The summed E-state index contributed by atoms with van der Waals surface area (Å²) in [5.74, 6) is -0.192. The Balaban J connectivity index is 2.06. The topological polar surface area (TPSA) is 84.3 Å². The molecule has 1 aromatic carbocycles. The van der Waals surface area contributed by atoms with Crippen LogP contribution in [0.1, 0.15) is 12.8 Å². The third kappa shape index (κ3) is 3.42. The zero-order chi connectivity index (χ0) is 13.8. The van der Waals surface area contributed by atoms with Crippen LogP contribution < -0.4 is 10.6 Å². The second kappa shape index (κ2) is 5.99. The third-order valence-corrected chi connectivity index (χ3v) is 3.40. The van der Waals surface area contributed by atoms with E-state index in [4.69, 9.17) is 11.6 Å². The van der Waals surface area contributed by atoms with Crippen LogP contribution >= 0.6 is 11.6 Å². The number of halogens is 1. The van der Waals surface area contributed by atoms with Gasteiger partial charge in [-0.2, -0.15) is 0 Å². The van der Waals surface area contributed by atoms with Gasteiger partial charge in [0.1, 0.15) is 0 Å². The molecule has 102 valence electrons. The van der Waals surface area contributed by atoms with E-state index in [-0.39, 0.29) is 22.5 Å². The van der Waals surface area contributed by atoms with E-state index in [0.29, 0.717) is 12.2 Å². The first-order valence-corrected chi connectivity index (χ1v) is 6.41. The molecule has 1 amide bonds. The van der Waals surface area contributed by atoms with E-state index in [0.717, 1.165) is 19.4 Å². The molecule has 2 rings (SSSR count). The normalized spacial score (nSPS) is 18.9. The van der Waals surface area contributed by atoms with Gasteiger partial charge in [0.25, 0.3) is 5.69 Å². The van der Waals surface area contributed by atoms with Crippen molar-refractivity contribution in [2.75, 3.05) is 18.4 Å². The van der Waals surface area contributed by atoms with E-state index >= 15 is 0 Å². The Kier molecular flexibility index (Phi) is 4.34. The van der Waals surface area contributed by atoms with Crippen molar-refractivity contribution in [3.05, 3.63) is 33.3 Å². The number of rotatable bonds is 3. The van der Waals surface area contributed by atoms with Crippen LogP contribution in [0.3, 0.4) is 0 Å². The zero-order valence-corrected chi connectivity index (χ0v) is 10.9. The summed E-state index contributed by atoms with van der Waals surface area (Å²) in [4.78, 5) is 22.1. The van der Waals surface area contributed by atoms with Gasteiger partial charge in [0.15, 0.2) is 0 Å². The minimum absolute atomic E-state index is 0.0833. The number of non-ortho nitro benzene ring substituents is 1. The summed E-state index contributed by atoms with van der Waals surface area (Å²) < 4.78 is 0. The van der Waals surface area contributed by atoms with E-state index in [9.17, 15) is 14.9 Å². The highest BCUT2D eigenvalue weighted by Gasteiger charge is 2.21. The largest absolute Gasteiger partial charge is 0.324 e. The maximum atomic E-state index is 12.0. The van der Waals surface area contributed by atoms with Crippen molar-refractivity contribution >= 4 is 28.9 Å². The molecule has 2 N–H and O–H groups in total. The highest BCUT2D eigenvalue weighted by atomic mass is 35.5. The summed E-state index contributed by atoms with van der Waals surface area (Å²) in [5, 5.41) is 16.6. The standard InChI is InChI=1S/C12H14ClN3O3/c13-10-6-9(16(18)19)3-4-11(10)15-12(17)8-2-1-5-14-7-8/h3-4,6,8,14H,1-2,5,7H2,(H,15,17)/t8-/m0/s1. The molecule has 0 saturated carbocycles. The molecular formula is C12H14ClN3O3. The van der Waals surface area contributed by atoms with Gasteiger partial charge in [-0.1, -0.05) is 11.6 Å². The first-order valence-electron chi connectivity index (χ1n) is 6.03. The van der Waals surface area contributed by atoms with Gasteiger partial charge in [0.2, 0.25) is 5.91 Å². The van der Waals surface area contributed by atoms with Crippen LogP contribution in [-0.2, 0) is 4.79 Å². The van der Waals surface area contributed by atoms with Crippen LogP contribution in [0.4, 0.5) is 11.4 Å². The number of benzene rings is 1. The van der Waals surface area contributed by atoms with Gasteiger partial charge >= 0.3 is 0 Å². The molecule has 1 aliphatic rings. The summed E-state index contributed by atoms with van der Waals surface area (Å²) in [6.45, 7) is 1.58. The van der Waals surface area contributed by atoms with E-state index < -0.39 is 4.92 Å². The molecule has 0 aromatic heterocycles. The van der Waals surface area contributed by atoms with E-state index in [1.54, 1.807) is 0 Å². The minimum Gasteiger partial charge on any atom is -0.324 e. The van der Waals surface area contributed by atoms with Crippen molar-refractivity contribution < 1.29 is 9.72 Å². The van der Waals surface area contributed by atoms with Crippen LogP contribution in [0.2, 0.25) is 5.02 Å². The number of amides is 1. The van der Waals surface area contributed by atoms with E-state index in [1.807, 2.05) is 0 Å². The molecular weight excluding hydrogens is 270 g/mol. The van der Waals surface area contributed by atoms with Crippen LogP contribution in [-0.4, -0.2) is 23.9 Å². The quantitative estimate of drug-likeness (QED) is 0.658. The lowest BCUT2D eigenvalue weighted by Gasteiger charge is -2.22. The van der Waals surface area contributed by atoms with Crippen molar-refractivity contribution in [2.24, 2.45) is 5.92 Å². The first kappa shape index (κ1) is 13.8. The Hall–Kier alpha value is -1.66. The fraction of sp³-hybridized carbons (Fsp3) is 0.417. The van der Waals surface area contributed by atoms with Crippen molar-refractivity contribution in [2.45, 2.75) is 12.8 Å². The number of nitro groups is 1. The van der Waals surface area contributed by atoms with Crippen molar-refractivity contribution in [1.82, 2.24) is 5.32 Å². The number of anilines is 1. The molecule has 6 nitrogen and oxygen atoms in total. The fourth-order valence-corrected chi connectivity index (χ4v) is 2.25. The molecule has 0 spiro atoms. The van der Waals surface area contributed by atoms with E-state index in [2.05, 4.69) is 10.6 Å².